The van der Waals surface area contributed by atoms with Crippen LogP contribution in [0.3, 0.4) is 0 Å². The van der Waals surface area contributed by atoms with Gasteiger partial charge in [-0.3, -0.25) is 4.79 Å². The molecule has 0 aromatic heterocycles. The van der Waals surface area contributed by atoms with Gasteiger partial charge in [-0.25, -0.2) is 14.6 Å². The molecule has 3 N–H and O–H groups in total. The lowest BCUT2D eigenvalue weighted by molar-refractivity contribution is 0.0734. The van der Waals surface area contributed by atoms with E-state index in [0.29, 0.717) is 22.6 Å². The van der Waals surface area contributed by atoms with E-state index in [0.717, 1.165) is 0 Å². The highest BCUT2D eigenvalue weighted by Crippen LogP contribution is 2.14. The zero-order valence-corrected chi connectivity index (χ0v) is 14.6. The fourth-order valence-corrected chi connectivity index (χ4v) is 2.30. The van der Waals surface area contributed by atoms with Crippen LogP contribution in [0.4, 0.5) is 10.1 Å². The number of amides is 1. The molecular weight excluding hydrogens is 361 g/mol. The number of halogens is 1. The maximum atomic E-state index is 12.9. The first kappa shape index (κ1) is 18.8. The van der Waals surface area contributed by atoms with Gasteiger partial charge in [0.15, 0.2) is 0 Å². The van der Waals surface area contributed by atoms with Gasteiger partial charge < -0.3 is 10.5 Å². The fraction of sp³-hybridized carbons (Fsp3) is 0. The summed E-state index contributed by atoms with van der Waals surface area (Å²) in [7, 11) is 0. The van der Waals surface area contributed by atoms with E-state index in [4.69, 9.17) is 10.5 Å². The minimum atomic E-state index is -0.589. The number of anilines is 1. The molecule has 3 aromatic carbocycles. The second-order valence-corrected chi connectivity index (χ2v) is 5.75. The summed E-state index contributed by atoms with van der Waals surface area (Å²) in [6.07, 6.45) is 1.45. The molecule has 0 saturated heterocycles. The quantitative estimate of drug-likeness (QED) is 0.234. The third-order valence-corrected chi connectivity index (χ3v) is 3.76. The summed E-state index contributed by atoms with van der Waals surface area (Å²) in [6, 6.07) is 18.2. The van der Waals surface area contributed by atoms with Crippen molar-refractivity contribution in [3.8, 4) is 5.75 Å². The molecule has 0 aliphatic rings. The van der Waals surface area contributed by atoms with Gasteiger partial charge in [-0.2, -0.15) is 5.10 Å². The Hall–Kier alpha value is -4.00. The SMILES string of the molecule is Nc1ccccc1C(=O)N/N=C\c1ccc(OC(=O)c2ccc(F)cc2)cc1. The van der Waals surface area contributed by atoms with Gasteiger partial charge in [-0.15, -0.1) is 0 Å². The molecule has 0 radical (unpaired) electrons. The topological polar surface area (TPSA) is 93.8 Å². The molecule has 0 atom stereocenters. The molecule has 0 fully saturated rings. The van der Waals surface area contributed by atoms with E-state index in [1.54, 1.807) is 48.5 Å². The van der Waals surface area contributed by atoms with Gasteiger partial charge in [0.2, 0.25) is 0 Å². The second kappa shape index (κ2) is 8.59. The van der Waals surface area contributed by atoms with Crippen LogP contribution in [0.2, 0.25) is 0 Å². The molecule has 0 unspecified atom stereocenters. The van der Waals surface area contributed by atoms with Crippen LogP contribution in [0.1, 0.15) is 26.3 Å². The Morgan fingerprint density at radius 3 is 2.32 bits per heavy atom. The molecule has 140 valence electrons. The molecule has 6 nitrogen and oxygen atoms in total. The van der Waals surface area contributed by atoms with Crippen molar-refractivity contribution < 1.29 is 18.7 Å². The van der Waals surface area contributed by atoms with E-state index >= 15 is 0 Å². The minimum Gasteiger partial charge on any atom is -0.423 e. The van der Waals surface area contributed by atoms with Crippen molar-refractivity contribution in [3.63, 3.8) is 0 Å². The molecule has 0 bridgehead atoms. The average Bonchev–Trinajstić information content (AvgIpc) is 2.70. The van der Waals surface area contributed by atoms with Gasteiger partial charge in [-0.05, 0) is 66.2 Å². The monoisotopic (exact) mass is 377 g/mol. The minimum absolute atomic E-state index is 0.245. The Labute approximate surface area is 160 Å². The molecule has 0 aliphatic carbocycles. The Morgan fingerprint density at radius 2 is 1.64 bits per heavy atom. The van der Waals surface area contributed by atoms with E-state index in [2.05, 4.69) is 10.5 Å². The number of hydrazone groups is 1. The number of carbonyl (C=O) groups excluding carboxylic acids is 2. The summed E-state index contributed by atoms with van der Waals surface area (Å²) in [5.74, 6) is -1.11. The van der Waals surface area contributed by atoms with E-state index < -0.39 is 17.7 Å². The van der Waals surface area contributed by atoms with Crippen molar-refractivity contribution in [3.05, 3.63) is 95.3 Å². The lowest BCUT2D eigenvalue weighted by Gasteiger charge is -2.05. The summed E-state index contributed by atoms with van der Waals surface area (Å²) >= 11 is 0. The maximum absolute atomic E-state index is 12.9. The van der Waals surface area contributed by atoms with Crippen LogP contribution in [0.25, 0.3) is 0 Å². The van der Waals surface area contributed by atoms with E-state index in [9.17, 15) is 14.0 Å². The summed E-state index contributed by atoms with van der Waals surface area (Å²) in [5.41, 5.74) is 9.76. The Balaban J connectivity index is 1.57. The standard InChI is InChI=1S/C21H16FN3O3/c22-16-9-7-15(8-10-16)21(27)28-17-11-5-14(6-12-17)13-24-25-20(26)18-3-1-2-4-19(18)23/h1-13H,23H2,(H,25,26)/b24-13-. The molecule has 7 heteroatoms. The van der Waals surface area contributed by atoms with Crippen LogP contribution in [-0.2, 0) is 0 Å². The van der Waals surface area contributed by atoms with Crippen LogP contribution in [-0.4, -0.2) is 18.1 Å². The zero-order chi connectivity index (χ0) is 19.9. The lowest BCUT2D eigenvalue weighted by Crippen LogP contribution is -2.18. The van der Waals surface area contributed by atoms with Crippen molar-refractivity contribution in [2.24, 2.45) is 5.10 Å². The molecule has 3 rings (SSSR count). The Kier molecular flexibility index (Phi) is 5.76. The zero-order valence-electron chi connectivity index (χ0n) is 14.6. The number of ether oxygens (including phenoxy) is 1. The van der Waals surface area contributed by atoms with Crippen LogP contribution in [0.15, 0.2) is 77.9 Å². The van der Waals surface area contributed by atoms with Gasteiger partial charge in [0.1, 0.15) is 11.6 Å². The number of hydrogen-bond donors (Lipinski definition) is 2. The van der Waals surface area contributed by atoms with E-state index in [-0.39, 0.29) is 5.56 Å². The normalized spacial score (nSPS) is 10.6. The summed E-state index contributed by atoms with van der Waals surface area (Å²) in [4.78, 5) is 24.0. The fourth-order valence-electron chi connectivity index (χ4n) is 2.30. The van der Waals surface area contributed by atoms with Crippen molar-refractivity contribution >= 4 is 23.8 Å². The van der Waals surface area contributed by atoms with E-state index in [1.807, 2.05) is 0 Å². The van der Waals surface area contributed by atoms with Crippen molar-refractivity contribution in [1.82, 2.24) is 5.43 Å². The first-order valence-electron chi connectivity index (χ1n) is 8.28. The first-order chi connectivity index (χ1) is 13.5. The molecule has 1 amide bonds. The largest absolute Gasteiger partial charge is 0.423 e. The molecule has 0 heterocycles. The van der Waals surface area contributed by atoms with Crippen LogP contribution in [0, 0.1) is 5.82 Å². The van der Waals surface area contributed by atoms with Crippen molar-refractivity contribution in [2.75, 3.05) is 5.73 Å². The third-order valence-electron chi connectivity index (χ3n) is 3.76. The predicted octanol–water partition coefficient (Wildman–Crippen LogP) is 3.39. The third kappa shape index (κ3) is 4.79. The van der Waals surface area contributed by atoms with Gasteiger partial charge in [-0.1, -0.05) is 12.1 Å². The lowest BCUT2D eigenvalue weighted by atomic mass is 10.2. The van der Waals surface area contributed by atoms with Gasteiger partial charge >= 0.3 is 5.97 Å². The molecule has 3 aromatic rings. The highest BCUT2D eigenvalue weighted by atomic mass is 19.1. The molecular formula is C21H16FN3O3. The second-order valence-electron chi connectivity index (χ2n) is 5.75. The van der Waals surface area contributed by atoms with Gasteiger partial charge in [0.25, 0.3) is 5.91 Å². The smallest absolute Gasteiger partial charge is 0.343 e. The van der Waals surface area contributed by atoms with Crippen molar-refractivity contribution in [1.29, 1.82) is 0 Å². The summed E-state index contributed by atoms with van der Waals surface area (Å²) in [6.45, 7) is 0. The number of carbonyl (C=O) groups is 2. The number of esters is 1. The number of nitrogens with one attached hydrogen (secondary N) is 1. The number of nitrogens with zero attached hydrogens (tertiary/aromatic N) is 1. The van der Waals surface area contributed by atoms with Crippen LogP contribution < -0.4 is 15.9 Å². The Bertz CT molecular complexity index is 1020. The van der Waals surface area contributed by atoms with Crippen LogP contribution in [0.5, 0.6) is 5.75 Å². The highest BCUT2D eigenvalue weighted by molar-refractivity contribution is 5.99. The number of nitrogen functional groups attached to an aromatic ring is 1. The highest BCUT2D eigenvalue weighted by Gasteiger charge is 2.09. The number of rotatable bonds is 5. The van der Waals surface area contributed by atoms with E-state index in [1.165, 1.54) is 30.5 Å². The number of para-hydroxylation sites is 1. The molecule has 0 aliphatic heterocycles. The van der Waals surface area contributed by atoms with Gasteiger partial charge in [0, 0.05) is 5.69 Å². The van der Waals surface area contributed by atoms with Gasteiger partial charge in [0.05, 0.1) is 17.3 Å². The summed E-state index contributed by atoms with van der Waals surface area (Å²) in [5, 5.41) is 3.88. The summed E-state index contributed by atoms with van der Waals surface area (Å²) < 4.78 is 18.1. The molecule has 28 heavy (non-hydrogen) atoms. The maximum Gasteiger partial charge on any atom is 0.343 e. The molecule has 0 saturated carbocycles. The first-order valence-corrected chi connectivity index (χ1v) is 8.28. The Morgan fingerprint density at radius 1 is 0.964 bits per heavy atom. The predicted molar refractivity (Wildman–Crippen MR) is 104 cm³/mol. The average molecular weight is 377 g/mol. The number of benzene rings is 3. The van der Waals surface area contributed by atoms with Crippen molar-refractivity contribution in [2.45, 2.75) is 0 Å². The number of nitrogens with two attached hydrogens (primary N) is 1. The van der Waals surface area contributed by atoms with Crippen LogP contribution >= 0.6 is 0 Å². The molecule has 0 spiro atoms. The number of hydrogen-bond acceptors (Lipinski definition) is 5.